The number of hydrogen-bond donors (Lipinski definition) is 0. The Morgan fingerprint density at radius 2 is 1.92 bits per heavy atom. The summed E-state index contributed by atoms with van der Waals surface area (Å²) in [5, 5.41) is 0. The van der Waals surface area contributed by atoms with Crippen LogP contribution in [0.4, 0.5) is 13.2 Å². The molecule has 0 aromatic rings. The van der Waals surface area contributed by atoms with Crippen LogP contribution in [0, 0.1) is 5.92 Å². The van der Waals surface area contributed by atoms with Crippen LogP contribution < -0.4 is 0 Å². The first kappa shape index (κ1) is 10.4. The molecular weight excluding hydrogens is 177 g/mol. The fourth-order valence-electron chi connectivity index (χ4n) is 1.38. The fraction of sp³-hybridized carbons (Fsp3) is 0.600. The summed E-state index contributed by atoms with van der Waals surface area (Å²) < 4.78 is 36.8. The zero-order chi connectivity index (χ0) is 10.1. The molecule has 0 saturated heterocycles. The lowest BCUT2D eigenvalue weighted by atomic mass is 9.91. The van der Waals surface area contributed by atoms with Gasteiger partial charge < -0.3 is 0 Å². The number of alkyl halides is 3. The van der Waals surface area contributed by atoms with Crippen molar-refractivity contribution in [3.8, 4) is 0 Å². The number of allylic oxidation sites excluding steroid dienone is 4. The fourth-order valence-corrected chi connectivity index (χ4v) is 1.38. The van der Waals surface area contributed by atoms with Crippen molar-refractivity contribution in [1.29, 1.82) is 0 Å². The second-order valence-corrected chi connectivity index (χ2v) is 3.57. The van der Waals surface area contributed by atoms with Crippen LogP contribution in [0.15, 0.2) is 23.3 Å². The van der Waals surface area contributed by atoms with Gasteiger partial charge in [-0.1, -0.05) is 31.6 Å². The minimum Gasteiger partial charge on any atom is -0.166 e. The Kier molecular flexibility index (Phi) is 2.84. The third-order valence-electron chi connectivity index (χ3n) is 2.21. The van der Waals surface area contributed by atoms with E-state index in [0.29, 0.717) is 6.42 Å². The van der Waals surface area contributed by atoms with Crippen molar-refractivity contribution in [2.24, 2.45) is 5.92 Å². The highest BCUT2D eigenvalue weighted by Gasteiger charge is 2.33. The Bertz CT molecular complexity index is 243. The summed E-state index contributed by atoms with van der Waals surface area (Å²) in [6.07, 6.45) is -0.350. The van der Waals surface area contributed by atoms with Crippen molar-refractivity contribution in [2.75, 3.05) is 0 Å². The summed E-state index contributed by atoms with van der Waals surface area (Å²) in [5.41, 5.74) is 0.414. The van der Waals surface area contributed by atoms with Gasteiger partial charge in [-0.2, -0.15) is 13.2 Å². The minimum atomic E-state index is -4.18. The molecule has 0 amide bonds. The molecule has 13 heavy (non-hydrogen) atoms. The number of halogens is 3. The highest BCUT2D eigenvalue weighted by Crippen LogP contribution is 2.33. The van der Waals surface area contributed by atoms with Crippen molar-refractivity contribution < 1.29 is 13.2 Å². The van der Waals surface area contributed by atoms with Crippen molar-refractivity contribution in [1.82, 2.24) is 0 Å². The maximum atomic E-state index is 12.3. The second kappa shape index (κ2) is 3.56. The van der Waals surface area contributed by atoms with E-state index in [0.717, 1.165) is 12.0 Å². The molecule has 74 valence electrons. The smallest absolute Gasteiger partial charge is 0.166 e. The van der Waals surface area contributed by atoms with Crippen LogP contribution in [-0.4, -0.2) is 6.18 Å². The number of rotatable bonds is 1. The lowest BCUT2D eigenvalue weighted by Gasteiger charge is -2.18. The summed E-state index contributed by atoms with van der Waals surface area (Å²) in [4.78, 5) is 0. The molecule has 0 aliphatic heterocycles. The van der Waals surface area contributed by atoms with Gasteiger partial charge in [0.15, 0.2) is 0 Å². The van der Waals surface area contributed by atoms with E-state index in [4.69, 9.17) is 0 Å². The van der Waals surface area contributed by atoms with E-state index >= 15 is 0 Å². The third-order valence-corrected chi connectivity index (χ3v) is 2.21. The Labute approximate surface area is 76.1 Å². The molecule has 1 rings (SSSR count). The molecule has 0 fully saturated rings. The van der Waals surface area contributed by atoms with Crippen LogP contribution in [0.25, 0.3) is 0 Å². The minimum absolute atomic E-state index is 0.214. The Balaban J connectivity index is 2.85. The highest BCUT2D eigenvalue weighted by molar-refractivity contribution is 5.32. The summed E-state index contributed by atoms with van der Waals surface area (Å²) in [7, 11) is 0. The standard InChI is InChI=1S/C10H13F3/c1-7(2)8-4-3-5-9(6-8)10(11,12)13/h5-7H,3-4H2,1-2H3. The Hall–Kier alpha value is -0.730. The summed E-state index contributed by atoms with van der Waals surface area (Å²) >= 11 is 0. The molecule has 0 radical (unpaired) electrons. The normalized spacial score (nSPS) is 18.6. The van der Waals surface area contributed by atoms with Gasteiger partial charge in [0.1, 0.15) is 0 Å². The molecule has 0 heterocycles. The lowest BCUT2D eigenvalue weighted by Crippen LogP contribution is -2.13. The number of hydrogen-bond acceptors (Lipinski definition) is 0. The molecule has 1 aliphatic carbocycles. The molecule has 0 bridgehead atoms. The van der Waals surface area contributed by atoms with Crippen LogP contribution in [0.3, 0.4) is 0 Å². The zero-order valence-corrected chi connectivity index (χ0v) is 7.78. The summed E-state index contributed by atoms with van der Waals surface area (Å²) in [6, 6.07) is 0. The topological polar surface area (TPSA) is 0 Å². The van der Waals surface area contributed by atoms with E-state index in [-0.39, 0.29) is 5.92 Å². The molecule has 0 unspecified atom stereocenters. The molecule has 0 saturated carbocycles. The predicted octanol–water partition coefficient (Wildman–Crippen LogP) is 3.85. The Morgan fingerprint density at radius 1 is 1.31 bits per heavy atom. The van der Waals surface area contributed by atoms with Gasteiger partial charge in [-0.3, -0.25) is 0 Å². The van der Waals surface area contributed by atoms with Gasteiger partial charge in [0.05, 0.1) is 5.57 Å². The van der Waals surface area contributed by atoms with Gasteiger partial charge in [0.2, 0.25) is 0 Å². The maximum Gasteiger partial charge on any atom is 0.416 e. The molecule has 0 spiro atoms. The molecule has 0 N–H and O–H groups in total. The zero-order valence-electron chi connectivity index (χ0n) is 7.78. The lowest BCUT2D eigenvalue weighted by molar-refractivity contribution is -0.0887. The van der Waals surface area contributed by atoms with E-state index in [1.165, 1.54) is 12.2 Å². The average molecular weight is 190 g/mol. The van der Waals surface area contributed by atoms with E-state index in [1.54, 1.807) is 0 Å². The van der Waals surface area contributed by atoms with Gasteiger partial charge in [-0.05, 0) is 18.8 Å². The quantitative estimate of drug-likeness (QED) is 0.589. The largest absolute Gasteiger partial charge is 0.416 e. The molecule has 0 atom stereocenters. The predicted molar refractivity (Wildman–Crippen MR) is 46.3 cm³/mol. The monoisotopic (exact) mass is 190 g/mol. The summed E-state index contributed by atoms with van der Waals surface area (Å²) in [6.45, 7) is 3.84. The van der Waals surface area contributed by atoms with E-state index < -0.39 is 11.7 Å². The van der Waals surface area contributed by atoms with Gasteiger partial charge in [-0.25, -0.2) is 0 Å². The first-order valence-corrected chi connectivity index (χ1v) is 4.39. The average Bonchev–Trinajstić information content (AvgIpc) is 2.03. The van der Waals surface area contributed by atoms with Crippen molar-refractivity contribution in [3.63, 3.8) is 0 Å². The third kappa shape index (κ3) is 2.61. The van der Waals surface area contributed by atoms with E-state index in [2.05, 4.69) is 0 Å². The maximum absolute atomic E-state index is 12.3. The molecule has 0 aromatic carbocycles. The van der Waals surface area contributed by atoms with Crippen LogP contribution in [0.2, 0.25) is 0 Å². The van der Waals surface area contributed by atoms with Crippen molar-refractivity contribution in [2.45, 2.75) is 32.9 Å². The molecule has 0 nitrogen and oxygen atoms in total. The highest BCUT2D eigenvalue weighted by atomic mass is 19.4. The SMILES string of the molecule is CC(C)C1=CC(C(F)(F)F)=CCC1. The molecule has 0 aromatic heterocycles. The second-order valence-electron chi connectivity index (χ2n) is 3.57. The van der Waals surface area contributed by atoms with E-state index in [1.807, 2.05) is 13.8 Å². The van der Waals surface area contributed by atoms with Crippen LogP contribution in [0.5, 0.6) is 0 Å². The molecular formula is C10H13F3. The van der Waals surface area contributed by atoms with Crippen LogP contribution in [-0.2, 0) is 0 Å². The Morgan fingerprint density at radius 3 is 2.38 bits per heavy atom. The first-order valence-electron chi connectivity index (χ1n) is 4.39. The molecule has 1 aliphatic rings. The molecule has 3 heteroatoms. The van der Waals surface area contributed by atoms with Crippen LogP contribution >= 0.6 is 0 Å². The van der Waals surface area contributed by atoms with Gasteiger partial charge >= 0.3 is 6.18 Å². The first-order chi connectivity index (χ1) is 5.91. The van der Waals surface area contributed by atoms with Crippen molar-refractivity contribution in [3.05, 3.63) is 23.3 Å². The van der Waals surface area contributed by atoms with Crippen molar-refractivity contribution >= 4 is 0 Å². The van der Waals surface area contributed by atoms with Gasteiger partial charge in [0, 0.05) is 0 Å². The van der Waals surface area contributed by atoms with Crippen LogP contribution in [0.1, 0.15) is 26.7 Å². The van der Waals surface area contributed by atoms with Gasteiger partial charge in [0.25, 0.3) is 0 Å². The van der Waals surface area contributed by atoms with Gasteiger partial charge in [-0.15, -0.1) is 0 Å². The summed E-state index contributed by atoms with van der Waals surface area (Å²) in [5.74, 6) is 0.214. The van der Waals surface area contributed by atoms with E-state index in [9.17, 15) is 13.2 Å².